The maximum Gasteiger partial charge on any atom is 0.252 e. The highest BCUT2D eigenvalue weighted by atomic mass is 32.1. The van der Waals surface area contributed by atoms with E-state index in [1.165, 1.54) is 17.4 Å². The van der Waals surface area contributed by atoms with Gasteiger partial charge in [0.25, 0.3) is 5.91 Å². The van der Waals surface area contributed by atoms with Crippen LogP contribution in [-0.2, 0) is 0 Å². The maximum atomic E-state index is 13.6. The smallest absolute Gasteiger partial charge is 0.252 e. The average molecular weight is 303 g/mol. The van der Waals surface area contributed by atoms with Gasteiger partial charge in [-0.25, -0.2) is 4.39 Å². The van der Waals surface area contributed by atoms with E-state index in [0.29, 0.717) is 16.0 Å². The van der Waals surface area contributed by atoms with Crippen molar-refractivity contribution < 1.29 is 14.3 Å². The molecule has 0 saturated carbocycles. The normalized spacial score (nSPS) is 11.4. The third kappa shape index (κ3) is 3.91. The van der Waals surface area contributed by atoms with Gasteiger partial charge in [-0.15, -0.1) is 11.3 Å². The Balaban J connectivity index is 2.07. The zero-order valence-corrected chi connectivity index (χ0v) is 12.2. The van der Waals surface area contributed by atoms with Crippen LogP contribution in [0, 0.1) is 17.7 Å². The van der Waals surface area contributed by atoms with Crippen LogP contribution in [0.5, 0.6) is 0 Å². The molecule has 5 heteroatoms. The molecule has 1 heterocycles. The molecule has 0 bridgehead atoms. The van der Waals surface area contributed by atoms with E-state index in [2.05, 4.69) is 17.2 Å². The molecule has 0 aliphatic heterocycles. The third-order valence-electron chi connectivity index (χ3n) is 2.87. The fourth-order valence-corrected chi connectivity index (χ4v) is 2.59. The Morgan fingerprint density at radius 2 is 2.24 bits per heavy atom. The van der Waals surface area contributed by atoms with Gasteiger partial charge in [0.05, 0.1) is 16.5 Å². The number of thiophene rings is 1. The Labute approximate surface area is 126 Å². The molecule has 2 aromatic rings. The largest absolute Gasteiger partial charge is 0.384 e. The van der Waals surface area contributed by atoms with Crippen molar-refractivity contribution in [1.29, 1.82) is 0 Å². The molecule has 0 saturated heterocycles. The Kier molecular flexibility index (Phi) is 5.09. The van der Waals surface area contributed by atoms with Crippen molar-refractivity contribution in [1.82, 2.24) is 5.32 Å². The number of aliphatic hydroxyl groups excluding tert-OH is 1. The second kappa shape index (κ2) is 7.02. The van der Waals surface area contributed by atoms with Crippen molar-refractivity contribution in [2.45, 2.75) is 13.0 Å². The molecule has 108 valence electrons. The molecule has 1 aromatic carbocycles. The Morgan fingerprint density at radius 1 is 1.48 bits per heavy atom. The van der Waals surface area contributed by atoms with Crippen LogP contribution in [0.3, 0.4) is 0 Å². The van der Waals surface area contributed by atoms with Gasteiger partial charge in [-0.2, -0.15) is 0 Å². The van der Waals surface area contributed by atoms with Crippen LogP contribution in [0.1, 0.15) is 33.8 Å². The number of aliphatic hydroxyl groups is 1. The Hall–Kier alpha value is -2.16. The number of nitrogens with one attached hydrogen (secondary N) is 1. The van der Waals surface area contributed by atoms with Crippen molar-refractivity contribution in [3.63, 3.8) is 0 Å². The highest BCUT2D eigenvalue weighted by Crippen LogP contribution is 2.18. The van der Waals surface area contributed by atoms with E-state index in [9.17, 15) is 9.18 Å². The van der Waals surface area contributed by atoms with Gasteiger partial charge in [0.2, 0.25) is 0 Å². The fraction of sp³-hybridized carbons (Fsp3) is 0.188. The van der Waals surface area contributed by atoms with Crippen LogP contribution in [0.2, 0.25) is 0 Å². The summed E-state index contributed by atoms with van der Waals surface area (Å²) < 4.78 is 13.6. The lowest BCUT2D eigenvalue weighted by Crippen LogP contribution is -2.26. The first kappa shape index (κ1) is 15.2. The molecule has 0 spiro atoms. The van der Waals surface area contributed by atoms with Gasteiger partial charge in [0.15, 0.2) is 0 Å². The minimum absolute atomic E-state index is 0.219. The topological polar surface area (TPSA) is 49.3 Å². The molecule has 1 amide bonds. The maximum absolute atomic E-state index is 13.6. The van der Waals surface area contributed by atoms with Crippen molar-refractivity contribution in [3.05, 3.63) is 57.5 Å². The fourth-order valence-electron chi connectivity index (χ4n) is 1.83. The van der Waals surface area contributed by atoms with E-state index < -0.39 is 6.04 Å². The number of hydrogen-bond donors (Lipinski definition) is 2. The molecule has 21 heavy (non-hydrogen) atoms. The Morgan fingerprint density at radius 3 is 2.95 bits per heavy atom. The van der Waals surface area contributed by atoms with E-state index in [4.69, 9.17) is 5.11 Å². The Bertz CT molecular complexity index is 700. The third-order valence-corrected chi connectivity index (χ3v) is 3.72. The van der Waals surface area contributed by atoms with Gasteiger partial charge < -0.3 is 10.4 Å². The van der Waals surface area contributed by atoms with Gasteiger partial charge >= 0.3 is 0 Å². The van der Waals surface area contributed by atoms with Crippen LogP contribution in [0.25, 0.3) is 0 Å². The number of carbonyl (C=O) groups is 1. The van der Waals surface area contributed by atoms with Crippen LogP contribution in [0.4, 0.5) is 4.39 Å². The van der Waals surface area contributed by atoms with Gasteiger partial charge in [0.1, 0.15) is 12.4 Å². The zero-order chi connectivity index (χ0) is 15.2. The summed E-state index contributed by atoms with van der Waals surface area (Å²) in [6.45, 7) is 1.51. The number of hydrogen-bond acceptors (Lipinski definition) is 3. The summed E-state index contributed by atoms with van der Waals surface area (Å²) in [4.78, 5) is 12.8. The average Bonchev–Trinajstić information content (AvgIpc) is 2.94. The molecular formula is C16H14FNO2S. The van der Waals surface area contributed by atoms with Crippen molar-refractivity contribution in [2.24, 2.45) is 0 Å². The molecule has 2 rings (SSSR count). The monoisotopic (exact) mass is 303 g/mol. The minimum atomic E-state index is -0.425. The molecule has 0 aliphatic carbocycles. The van der Waals surface area contributed by atoms with Crippen LogP contribution in [0.15, 0.2) is 35.7 Å². The predicted molar refractivity (Wildman–Crippen MR) is 80.6 cm³/mol. The summed E-state index contributed by atoms with van der Waals surface area (Å²) in [6, 6.07) is 7.58. The highest BCUT2D eigenvalue weighted by molar-refractivity contribution is 7.10. The first-order chi connectivity index (χ1) is 10.1. The van der Waals surface area contributed by atoms with Crippen LogP contribution < -0.4 is 5.32 Å². The molecule has 3 nitrogen and oxygen atoms in total. The summed E-state index contributed by atoms with van der Waals surface area (Å²) in [6.07, 6.45) is 0. The van der Waals surface area contributed by atoms with E-state index in [1.54, 1.807) is 36.6 Å². The number of halogens is 1. The number of carbonyl (C=O) groups excluding carboxylic acids is 1. The first-order valence-electron chi connectivity index (χ1n) is 6.35. The van der Waals surface area contributed by atoms with Crippen LogP contribution >= 0.6 is 11.3 Å². The summed E-state index contributed by atoms with van der Waals surface area (Å²) in [5.41, 5.74) is 0.923. The van der Waals surface area contributed by atoms with E-state index in [-0.39, 0.29) is 18.3 Å². The number of amides is 1. The second-order valence-corrected chi connectivity index (χ2v) is 5.29. The quantitative estimate of drug-likeness (QED) is 0.857. The van der Waals surface area contributed by atoms with Gasteiger partial charge in [-0.05, 0) is 19.1 Å². The standard InChI is InChI=1S/C16H14FNO2S/c1-11(14-6-2-3-7-15(14)17)18-16(20)12-9-13(21-10-12)5-4-8-19/h2-3,6-7,9-11,19H,8H2,1H3,(H,18,20). The molecule has 1 aromatic heterocycles. The summed E-state index contributed by atoms with van der Waals surface area (Å²) in [5.74, 6) is 4.65. The lowest BCUT2D eigenvalue weighted by Gasteiger charge is -2.14. The summed E-state index contributed by atoms with van der Waals surface area (Å²) in [5, 5.41) is 13.1. The lowest BCUT2D eigenvalue weighted by atomic mass is 10.1. The molecule has 0 aliphatic rings. The molecular weight excluding hydrogens is 289 g/mol. The zero-order valence-electron chi connectivity index (χ0n) is 11.4. The summed E-state index contributed by atoms with van der Waals surface area (Å²) >= 11 is 1.32. The molecule has 1 atom stereocenters. The van der Waals surface area contributed by atoms with Crippen LogP contribution in [-0.4, -0.2) is 17.6 Å². The molecule has 2 N–H and O–H groups in total. The number of benzene rings is 1. The van der Waals surface area contributed by atoms with Crippen molar-refractivity contribution in [2.75, 3.05) is 6.61 Å². The van der Waals surface area contributed by atoms with Gasteiger partial charge in [0, 0.05) is 10.9 Å². The van der Waals surface area contributed by atoms with E-state index >= 15 is 0 Å². The molecule has 0 fully saturated rings. The second-order valence-electron chi connectivity index (χ2n) is 4.38. The van der Waals surface area contributed by atoms with Crippen molar-refractivity contribution >= 4 is 17.2 Å². The van der Waals surface area contributed by atoms with E-state index in [1.807, 2.05) is 0 Å². The summed E-state index contributed by atoms with van der Waals surface area (Å²) in [7, 11) is 0. The van der Waals surface area contributed by atoms with Gasteiger partial charge in [-0.3, -0.25) is 4.79 Å². The molecule has 1 unspecified atom stereocenters. The predicted octanol–water partition coefficient (Wildman–Crippen LogP) is 2.72. The number of rotatable bonds is 3. The highest BCUT2D eigenvalue weighted by Gasteiger charge is 2.15. The minimum Gasteiger partial charge on any atom is -0.384 e. The first-order valence-corrected chi connectivity index (χ1v) is 7.23. The van der Waals surface area contributed by atoms with E-state index in [0.717, 1.165) is 0 Å². The SMILES string of the molecule is CC(NC(=O)c1csc(C#CCO)c1)c1ccccc1F. The van der Waals surface area contributed by atoms with Gasteiger partial charge in [-0.1, -0.05) is 30.0 Å². The lowest BCUT2D eigenvalue weighted by molar-refractivity contribution is 0.0940. The van der Waals surface area contributed by atoms with Crippen molar-refractivity contribution in [3.8, 4) is 11.8 Å². The molecule has 0 radical (unpaired) electrons.